The number of aromatic nitrogens is 2. The van der Waals surface area contributed by atoms with Gasteiger partial charge in [0.1, 0.15) is 0 Å². The van der Waals surface area contributed by atoms with Gasteiger partial charge in [0.25, 0.3) is 0 Å². The maximum atomic E-state index is 11.9. The van der Waals surface area contributed by atoms with Gasteiger partial charge in [0.2, 0.25) is 15.9 Å². The van der Waals surface area contributed by atoms with E-state index < -0.39 is 10.0 Å². The molecule has 2 aromatic rings. The van der Waals surface area contributed by atoms with Gasteiger partial charge in [-0.15, -0.1) is 0 Å². The van der Waals surface area contributed by atoms with Crippen LogP contribution in [0.3, 0.4) is 0 Å². The van der Waals surface area contributed by atoms with Crippen LogP contribution in [-0.2, 0) is 21.4 Å². The van der Waals surface area contributed by atoms with E-state index in [4.69, 9.17) is 5.14 Å². The van der Waals surface area contributed by atoms with Crippen LogP contribution in [0.25, 0.3) is 11.0 Å². The van der Waals surface area contributed by atoms with Gasteiger partial charge in [-0.2, -0.15) is 0 Å². The van der Waals surface area contributed by atoms with E-state index in [9.17, 15) is 13.2 Å². The van der Waals surface area contributed by atoms with Gasteiger partial charge in [-0.3, -0.25) is 4.79 Å². The van der Waals surface area contributed by atoms with E-state index in [-0.39, 0.29) is 10.8 Å². The van der Waals surface area contributed by atoms with Gasteiger partial charge in [-0.25, -0.2) is 18.5 Å². The van der Waals surface area contributed by atoms with Crippen LogP contribution >= 0.6 is 11.8 Å². The summed E-state index contributed by atoms with van der Waals surface area (Å²) in [6, 6.07) is 5.02. The summed E-state index contributed by atoms with van der Waals surface area (Å²) in [6.07, 6.45) is 3.02. The number of carbonyl (C=O) groups excluding carboxylic acids is 1. The van der Waals surface area contributed by atoms with E-state index in [0.717, 1.165) is 31.3 Å². The maximum absolute atomic E-state index is 11.9. The van der Waals surface area contributed by atoms with E-state index in [1.807, 2.05) is 4.57 Å². The number of imidazole rings is 1. The summed E-state index contributed by atoms with van der Waals surface area (Å²) in [4.78, 5) is 16.4. The summed E-state index contributed by atoms with van der Waals surface area (Å²) in [5.41, 5.74) is 1.41. The number of nitrogens with two attached hydrogens (primary N) is 1. The highest BCUT2D eigenvalue weighted by Crippen LogP contribution is 2.26. The van der Waals surface area contributed by atoms with E-state index >= 15 is 0 Å². The summed E-state index contributed by atoms with van der Waals surface area (Å²) in [5.74, 6) is 0.300. The molecule has 1 heterocycles. The molecular formula is C15H20N4O3S2. The zero-order valence-electron chi connectivity index (χ0n) is 13.4. The van der Waals surface area contributed by atoms with Crippen molar-refractivity contribution < 1.29 is 13.2 Å². The van der Waals surface area contributed by atoms with Crippen molar-refractivity contribution in [2.75, 3.05) is 5.75 Å². The Balaban J connectivity index is 1.87. The molecule has 7 nitrogen and oxygen atoms in total. The van der Waals surface area contributed by atoms with E-state index in [1.165, 1.54) is 23.9 Å². The molecule has 24 heavy (non-hydrogen) atoms. The van der Waals surface area contributed by atoms with Gasteiger partial charge in [-0.05, 0) is 37.5 Å². The average Bonchev–Trinajstić information content (AvgIpc) is 3.25. The van der Waals surface area contributed by atoms with Crippen molar-refractivity contribution >= 4 is 38.7 Å². The molecule has 9 heteroatoms. The van der Waals surface area contributed by atoms with E-state index in [1.54, 1.807) is 6.07 Å². The highest BCUT2D eigenvalue weighted by Gasteiger charge is 2.23. The predicted molar refractivity (Wildman–Crippen MR) is 93.3 cm³/mol. The number of hydrogen-bond acceptors (Lipinski definition) is 5. The molecule has 0 bridgehead atoms. The summed E-state index contributed by atoms with van der Waals surface area (Å²) < 4.78 is 25.0. The number of primary sulfonamides is 1. The molecule has 1 aliphatic rings. The molecule has 1 saturated carbocycles. The van der Waals surface area contributed by atoms with Crippen molar-refractivity contribution in [3.63, 3.8) is 0 Å². The molecule has 1 aromatic heterocycles. The Labute approximate surface area is 145 Å². The second-order valence-corrected chi connectivity index (χ2v) is 8.38. The quantitative estimate of drug-likeness (QED) is 0.720. The van der Waals surface area contributed by atoms with Gasteiger partial charge in [0.15, 0.2) is 5.16 Å². The molecule has 0 spiro atoms. The normalized spacial score (nSPS) is 14.9. The number of nitrogens with zero attached hydrogens (tertiary/aromatic N) is 2. The first kappa shape index (κ1) is 17.2. The molecule has 1 aliphatic carbocycles. The zero-order chi connectivity index (χ0) is 17.3. The van der Waals surface area contributed by atoms with Crippen LogP contribution in [0.5, 0.6) is 0 Å². The first-order chi connectivity index (χ1) is 11.4. The number of fused-ring (bicyclic) bond motifs is 1. The van der Waals surface area contributed by atoms with E-state index in [0.29, 0.717) is 22.5 Å². The minimum Gasteiger partial charge on any atom is -0.353 e. The van der Waals surface area contributed by atoms with Crippen LogP contribution in [-0.4, -0.2) is 35.7 Å². The second-order valence-electron chi connectivity index (χ2n) is 5.87. The summed E-state index contributed by atoms with van der Waals surface area (Å²) in [5, 5.41) is 8.84. The average molecular weight is 368 g/mol. The first-order valence-electron chi connectivity index (χ1n) is 7.83. The molecular weight excluding hydrogens is 348 g/mol. The lowest BCUT2D eigenvalue weighted by atomic mass is 10.3. The number of thioether (sulfide) groups is 1. The Morgan fingerprint density at radius 3 is 2.83 bits per heavy atom. The van der Waals surface area contributed by atoms with Crippen molar-refractivity contribution in [1.82, 2.24) is 14.9 Å². The summed E-state index contributed by atoms with van der Waals surface area (Å²) in [6.45, 7) is 2.80. The molecule has 0 unspecified atom stereocenters. The smallest absolute Gasteiger partial charge is 0.238 e. The Hall–Kier alpha value is -1.58. The molecule has 0 aliphatic heterocycles. The number of amides is 1. The molecule has 1 aromatic carbocycles. The Morgan fingerprint density at radius 2 is 2.21 bits per heavy atom. The standard InChI is InChI=1S/C15H20N4O3S2/c1-2-7-19-13-6-5-11(24(16,21)22)8-12(13)18-15(19)23-9-14(20)17-10-3-4-10/h5-6,8,10H,2-4,7,9H2,1H3,(H,17,20)(H2,16,21,22). The third-order valence-corrected chi connectivity index (χ3v) is 5.62. The van der Waals surface area contributed by atoms with Gasteiger partial charge in [-0.1, -0.05) is 18.7 Å². The van der Waals surface area contributed by atoms with Crippen LogP contribution in [0, 0.1) is 0 Å². The zero-order valence-corrected chi connectivity index (χ0v) is 15.0. The van der Waals surface area contributed by atoms with Crippen LogP contribution in [0.15, 0.2) is 28.3 Å². The van der Waals surface area contributed by atoms with Crippen molar-refractivity contribution in [3.8, 4) is 0 Å². The van der Waals surface area contributed by atoms with Crippen LogP contribution in [0.4, 0.5) is 0 Å². The number of rotatable bonds is 7. The number of nitrogens with one attached hydrogen (secondary N) is 1. The van der Waals surface area contributed by atoms with Gasteiger partial charge >= 0.3 is 0 Å². The molecule has 3 N–H and O–H groups in total. The molecule has 3 rings (SSSR count). The third-order valence-electron chi connectivity index (χ3n) is 3.74. The topological polar surface area (TPSA) is 107 Å². The Bertz CT molecular complexity index is 872. The Kier molecular flexibility index (Phi) is 4.84. The molecule has 1 amide bonds. The monoisotopic (exact) mass is 368 g/mol. The third kappa shape index (κ3) is 3.90. The fraction of sp³-hybridized carbons (Fsp3) is 0.467. The van der Waals surface area contributed by atoms with Crippen molar-refractivity contribution in [1.29, 1.82) is 0 Å². The van der Waals surface area contributed by atoms with Gasteiger partial charge in [0, 0.05) is 12.6 Å². The minimum absolute atomic E-state index is 0.00262. The largest absolute Gasteiger partial charge is 0.353 e. The number of aryl methyl sites for hydroxylation is 1. The highest BCUT2D eigenvalue weighted by atomic mass is 32.2. The SMILES string of the molecule is CCCn1c(SCC(=O)NC2CC2)nc2cc(S(N)(=O)=O)ccc21. The number of hydrogen-bond donors (Lipinski definition) is 2. The molecule has 130 valence electrons. The van der Waals surface area contributed by atoms with Crippen molar-refractivity contribution in [2.45, 2.75) is 48.8 Å². The first-order valence-corrected chi connectivity index (χ1v) is 10.4. The molecule has 0 saturated heterocycles. The number of benzene rings is 1. The number of sulfonamides is 1. The summed E-state index contributed by atoms with van der Waals surface area (Å²) >= 11 is 1.36. The van der Waals surface area contributed by atoms with Gasteiger partial charge in [0.05, 0.1) is 21.7 Å². The lowest BCUT2D eigenvalue weighted by molar-refractivity contribution is -0.118. The van der Waals surface area contributed by atoms with Crippen LogP contribution in [0.2, 0.25) is 0 Å². The van der Waals surface area contributed by atoms with Gasteiger partial charge < -0.3 is 9.88 Å². The second kappa shape index (κ2) is 6.73. The predicted octanol–water partition coefficient (Wildman–Crippen LogP) is 1.46. The van der Waals surface area contributed by atoms with Crippen LogP contribution in [0.1, 0.15) is 26.2 Å². The maximum Gasteiger partial charge on any atom is 0.238 e. The lowest BCUT2D eigenvalue weighted by Crippen LogP contribution is -2.27. The van der Waals surface area contributed by atoms with Crippen molar-refractivity contribution in [2.24, 2.45) is 5.14 Å². The fourth-order valence-corrected chi connectivity index (χ4v) is 3.83. The van der Waals surface area contributed by atoms with E-state index in [2.05, 4.69) is 17.2 Å². The lowest BCUT2D eigenvalue weighted by Gasteiger charge is -2.07. The summed E-state index contributed by atoms with van der Waals surface area (Å²) in [7, 11) is -3.76. The van der Waals surface area contributed by atoms with Crippen molar-refractivity contribution in [3.05, 3.63) is 18.2 Å². The number of carbonyl (C=O) groups is 1. The Morgan fingerprint density at radius 1 is 1.46 bits per heavy atom. The highest BCUT2D eigenvalue weighted by molar-refractivity contribution is 7.99. The minimum atomic E-state index is -3.76. The fourth-order valence-electron chi connectivity index (χ4n) is 2.44. The molecule has 0 atom stereocenters. The molecule has 1 fully saturated rings. The van der Waals surface area contributed by atoms with Crippen LogP contribution < -0.4 is 10.5 Å². The molecule has 0 radical (unpaired) electrons.